The molecule has 0 spiro atoms. The first-order chi connectivity index (χ1) is 9.56. The van der Waals surface area contributed by atoms with E-state index in [0.717, 1.165) is 0 Å². The maximum absolute atomic E-state index is 3.72. The average Bonchev–Trinajstić information content (AvgIpc) is 2.91. The number of benzene rings is 1. The molecule has 0 bridgehead atoms. The maximum atomic E-state index is 3.72. The summed E-state index contributed by atoms with van der Waals surface area (Å²) in [6, 6.07) is 9.79. The van der Waals surface area contributed by atoms with Gasteiger partial charge in [-0.2, -0.15) is 0 Å². The lowest BCUT2D eigenvalue weighted by Crippen LogP contribution is -2.39. The fraction of sp³-hybridized carbons (Fsp3) is 0.647. The molecule has 1 fully saturated rings. The average molecular weight is 275 g/mol. The minimum atomic E-state index is 0.406. The van der Waals surface area contributed by atoms with Crippen LogP contribution in [0.4, 0.5) is 5.69 Å². The van der Waals surface area contributed by atoms with Crippen molar-refractivity contribution in [1.82, 2.24) is 10.2 Å². The van der Waals surface area contributed by atoms with Gasteiger partial charge in [-0.25, -0.2) is 0 Å². The van der Waals surface area contributed by atoms with Gasteiger partial charge in [-0.1, -0.05) is 12.1 Å². The third-order valence-corrected chi connectivity index (χ3v) is 4.17. The molecule has 20 heavy (non-hydrogen) atoms. The van der Waals surface area contributed by atoms with Crippen molar-refractivity contribution in [2.24, 2.45) is 0 Å². The highest BCUT2D eigenvalue weighted by Gasteiger charge is 2.16. The van der Waals surface area contributed by atoms with Gasteiger partial charge in [0.2, 0.25) is 0 Å². The fourth-order valence-electron chi connectivity index (χ4n) is 2.99. The quantitative estimate of drug-likeness (QED) is 0.861. The van der Waals surface area contributed by atoms with E-state index in [9.17, 15) is 0 Å². The van der Waals surface area contributed by atoms with E-state index in [4.69, 9.17) is 0 Å². The van der Waals surface area contributed by atoms with Crippen LogP contribution in [0.15, 0.2) is 24.3 Å². The number of likely N-dealkylation sites (tertiary alicyclic amines) is 1. The Morgan fingerprint density at radius 1 is 1.10 bits per heavy atom. The molecule has 0 aromatic heterocycles. The topological polar surface area (TPSA) is 18.5 Å². The second-order valence-corrected chi connectivity index (χ2v) is 6.28. The molecule has 1 heterocycles. The van der Waals surface area contributed by atoms with Gasteiger partial charge in [0, 0.05) is 38.4 Å². The summed E-state index contributed by atoms with van der Waals surface area (Å²) < 4.78 is 0. The molecule has 3 nitrogen and oxygen atoms in total. The third kappa shape index (κ3) is 4.22. The van der Waals surface area contributed by atoms with Crippen LogP contribution in [0.5, 0.6) is 0 Å². The monoisotopic (exact) mass is 275 g/mol. The predicted molar refractivity (Wildman–Crippen MR) is 87.5 cm³/mol. The van der Waals surface area contributed by atoms with Crippen molar-refractivity contribution in [1.29, 1.82) is 0 Å². The van der Waals surface area contributed by atoms with Crippen LogP contribution in [0, 0.1) is 0 Å². The van der Waals surface area contributed by atoms with Crippen LogP contribution in [-0.4, -0.2) is 44.7 Å². The Labute approximate surface area is 124 Å². The van der Waals surface area contributed by atoms with E-state index in [1.165, 1.54) is 43.7 Å². The molecule has 3 heteroatoms. The van der Waals surface area contributed by atoms with Gasteiger partial charge < -0.3 is 15.1 Å². The minimum Gasteiger partial charge on any atom is -0.378 e. The SMILES string of the molecule is CC(CN1CCCC1)NC(C)c1ccc(N(C)C)cc1. The molecule has 0 amide bonds. The summed E-state index contributed by atoms with van der Waals surface area (Å²) in [6.07, 6.45) is 2.74. The van der Waals surface area contributed by atoms with E-state index in [-0.39, 0.29) is 0 Å². The number of hydrogen-bond acceptors (Lipinski definition) is 3. The van der Waals surface area contributed by atoms with Crippen molar-refractivity contribution in [2.45, 2.75) is 38.8 Å². The second kappa shape index (κ2) is 7.09. The Morgan fingerprint density at radius 2 is 1.70 bits per heavy atom. The molecule has 0 radical (unpaired) electrons. The van der Waals surface area contributed by atoms with E-state index in [1.54, 1.807) is 0 Å². The molecule has 0 saturated carbocycles. The van der Waals surface area contributed by atoms with Gasteiger partial charge in [0.05, 0.1) is 0 Å². The van der Waals surface area contributed by atoms with Crippen LogP contribution >= 0.6 is 0 Å². The molecule has 1 aromatic rings. The van der Waals surface area contributed by atoms with E-state index < -0.39 is 0 Å². The van der Waals surface area contributed by atoms with E-state index in [0.29, 0.717) is 12.1 Å². The Balaban J connectivity index is 1.85. The zero-order chi connectivity index (χ0) is 14.5. The van der Waals surface area contributed by atoms with Crippen LogP contribution in [0.1, 0.15) is 38.3 Å². The summed E-state index contributed by atoms with van der Waals surface area (Å²) in [5, 5.41) is 3.72. The highest BCUT2D eigenvalue weighted by molar-refractivity contribution is 5.46. The summed E-state index contributed by atoms with van der Waals surface area (Å²) in [7, 11) is 4.16. The first-order valence-corrected chi connectivity index (χ1v) is 7.82. The van der Waals surface area contributed by atoms with Gasteiger partial charge in [0.25, 0.3) is 0 Å². The summed E-state index contributed by atoms with van der Waals surface area (Å²) in [5.41, 5.74) is 2.62. The fourth-order valence-corrected chi connectivity index (χ4v) is 2.99. The van der Waals surface area contributed by atoms with Gasteiger partial charge in [0.1, 0.15) is 0 Å². The van der Waals surface area contributed by atoms with Crippen molar-refractivity contribution in [2.75, 3.05) is 38.6 Å². The summed E-state index contributed by atoms with van der Waals surface area (Å²) in [6.45, 7) is 8.27. The summed E-state index contributed by atoms with van der Waals surface area (Å²) in [4.78, 5) is 4.71. The van der Waals surface area contributed by atoms with E-state index in [1.807, 2.05) is 0 Å². The van der Waals surface area contributed by atoms with Crippen molar-refractivity contribution >= 4 is 5.69 Å². The van der Waals surface area contributed by atoms with Gasteiger partial charge in [0.15, 0.2) is 0 Å². The molecule has 2 unspecified atom stereocenters. The smallest absolute Gasteiger partial charge is 0.0361 e. The Morgan fingerprint density at radius 3 is 2.25 bits per heavy atom. The molecular weight excluding hydrogens is 246 g/mol. The summed E-state index contributed by atoms with van der Waals surface area (Å²) in [5.74, 6) is 0. The molecule has 1 N–H and O–H groups in total. The predicted octanol–water partition coefficient (Wildman–Crippen LogP) is 2.89. The van der Waals surface area contributed by atoms with Gasteiger partial charge in [-0.3, -0.25) is 0 Å². The van der Waals surface area contributed by atoms with Crippen molar-refractivity contribution < 1.29 is 0 Å². The normalized spacial score (nSPS) is 19.0. The molecule has 1 aromatic carbocycles. The molecule has 1 aliphatic rings. The van der Waals surface area contributed by atoms with Gasteiger partial charge in [-0.15, -0.1) is 0 Å². The number of nitrogens with zero attached hydrogens (tertiary/aromatic N) is 2. The molecule has 1 aliphatic heterocycles. The molecule has 2 atom stereocenters. The number of nitrogens with one attached hydrogen (secondary N) is 1. The van der Waals surface area contributed by atoms with E-state index in [2.05, 4.69) is 67.3 Å². The molecule has 2 rings (SSSR count). The van der Waals surface area contributed by atoms with Crippen LogP contribution in [-0.2, 0) is 0 Å². The van der Waals surface area contributed by atoms with E-state index >= 15 is 0 Å². The maximum Gasteiger partial charge on any atom is 0.0361 e. The highest BCUT2D eigenvalue weighted by Crippen LogP contribution is 2.18. The lowest BCUT2D eigenvalue weighted by atomic mass is 10.1. The number of rotatable bonds is 6. The third-order valence-electron chi connectivity index (χ3n) is 4.17. The number of hydrogen-bond donors (Lipinski definition) is 1. The van der Waals surface area contributed by atoms with Crippen LogP contribution in [0.3, 0.4) is 0 Å². The van der Waals surface area contributed by atoms with Gasteiger partial charge >= 0.3 is 0 Å². The Kier molecular flexibility index (Phi) is 5.44. The Hall–Kier alpha value is -1.06. The highest BCUT2D eigenvalue weighted by atomic mass is 15.2. The van der Waals surface area contributed by atoms with Crippen LogP contribution in [0.25, 0.3) is 0 Å². The molecule has 0 aliphatic carbocycles. The second-order valence-electron chi connectivity index (χ2n) is 6.28. The van der Waals surface area contributed by atoms with Crippen molar-refractivity contribution in [3.8, 4) is 0 Å². The zero-order valence-electron chi connectivity index (χ0n) is 13.4. The van der Waals surface area contributed by atoms with Crippen LogP contribution in [0.2, 0.25) is 0 Å². The minimum absolute atomic E-state index is 0.406. The summed E-state index contributed by atoms with van der Waals surface area (Å²) >= 11 is 0. The standard InChI is InChI=1S/C17H29N3/c1-14(13-20-11-5-6-12-20)18-15(2)16-7-9-17(10-8-16)19(3)4/h7-10,14-15,18H,5-6,11-13H2,1-4H3. The zero-order valence-corrected chi connectivity index (χ0v) is 13.4. The largest absolute Gasteiger partial charge is 0.378 e. The number of anilines is 1. The van der Waals surface area contributed by atoms with Crippen LogP contribution < -0.4 is 10.2 Å². The Bertz CT molecular complexity index is 393. The first kappa shape index (κ1) is 15.3. The van der Waals surface area contributed by atoms with Gasteiger partial charge in [-0.05, 0) is 57.5 Å². The lowest BCUT2D eigenvalue weighted by Gasteiger charge is -2.25. The molecular formula is C17H29N3. The molecule has 112 valence electrons. The lowest BCUT2D eigenvalue weighted by molar-refractivity contribution is 0.289. The molecule has 1 saturated heterocycles. The first-order valence-electron chi connectivity index (χ1n) is 7.82. The van der Waals surface area contributed by atoms with Crippen molar-refractivity contribution in [3.63, 3.8) is 0 Å². The van der Waals surface area contributed by atoms with Crippen molar-refractivity contribution in [3.05, 3.63) is 29.8 Å².